The molecule has 0 radical (unpaired) electrons. The molecule has 0 bridgehead atoms. The molecule has 18 heavy (non-hydrogen) atoms. The number of alkyl halides is 3. The van der Waals surface area contributed by atoms with Crippen LogP contribution >= 0.6 is 15.9 Å². The second-order valence-electron chi connectivity index (χ2n) is 4.03. The largest absolute Gasteiger partial charge is 0.390 e. The zero-order chi connectivity index (χ0) is 13.8. The summed E-state index contributed by atoms with van der Waals surface area (Å²) in [6, 6.07) is -0.765. The van der Waals surface area contributed by atoms with Gasteiger partial charge in [0.25, 0.3) is 0 Å². The van der Waals surface area contributed by atoms with E-state index in [1.54, 1.807) is 17.8 Å². The summed E-state index contributed by atoms with van der Waals surface area (Å²) in [6.45, 7) is 4.84. The van der Waals surface area contributed by atoms with Gasteiger partial charge >= 0.3 is 6.18 Å². The molecular weight excluding hydrogens is 311 g/mol. The van der Waals surface area contributed by atoms with Crippen LogP contribution in [0, 0.1) is 0 Å². The highest BCUT2D eigenvalue weighted by molar-refractivity contribution is 9.10. The fourth-order valence-corrected chi connectivity index (χ4v) is 2.42. The molecular formula is C11H17BrF3N3. The molecule has 104 valence electrons. The predicted octanol–water partition coefficient (Wildman–Crippen LogP) is 3.66. The Hall–Kier alpha value is -0.560. The van der Waals surface area contributed by atoms with Crippen LogP contribution in [0.5, 0.6) is 0 Å². The van der Waals surface area contributed by atoms with Gasteiger partial charge < -0.3 is 5.32 Å². The number of hydrogen-bond acceptors (Lipinski definition) is 2. The molecule has 0 aliphatic heterocycles. The molecule has 7 heteroatoms. The van der Waals surface area contributed by atoms with Crippen LogP contribution in [0.2, 0.25) is 0 Å². The van der Waals surface area contributed by atoms with Crippen LogP contribution in [0.4, 0.5) is 13.2 Å². The molecule has 0 fully saturated rings. The van der Waals surface area contributed by atoms with E-state index >= 15 is 0 Å². The van der Waals surface area contributed by atoms with Crippen molar-refractivity contribution in [3.8, 4) is 0 Å². The summed E-state index contributed by atoms with van der Waals surface area (Å²) in [4.78, 5) is 0. The molecule has 1 aromatic rings. The molecule has 0 saturated heterocycles. The zero-order valence-corrected chi connectivity index (χ0v) is 12.0. The van der Waals surface area contributed by atoms with Crippen molar-refractivity contribution in [2.45, 2.75) is 45.5 Å². The first-order chi connectivity index (χ1) is 8.39. The second-order valence-corrected chi connectivity index (χ2v) is 4.88. The van der Waals surface area contributed by atoms with Crippen molar-refractivity contribution < 1.29 is 13.2 Å². The van der Waals surface area contributed by atoms with Crippen molar-refractivity contribution in [2.24, 2.45) is 0 Å². The number of hydrogen-bond donors (Lipinski definition) is 1. The van der Waals surface area contributed by atoms with Gasteiger partial charge in [-0.2, -0.15) is 18.3 Å². The highest BCUT2D eigenvalue weighted by Crippen LogP contribution is 2.33. The number of aromatic nitrogens is 2. The molecule has 1 unspecified atom stereocenters. The Morgan fingerprint density at radius 3 is 2.61 bits per heavy atom. The van der Waals surface area contributed by atoms with Crippen molar-refractivity contribution in [1.29, 1.82) is 0 Å². The monoisotopic (exact) mass is 327 g/mol. The molecule has 1 aromatic heterocycles. The van der Waals surface area contributed by atoms with Crippen LogP contribution in [0.1, 0.15) is 38.4 Å². The number of nitrogens with zero attached hydrogens (tertiary/aromatic N) is 2. The van der Waals surface area contributed by atoms with Crippen LogP contribution in [0.3, 0.4) is 0 Å². The van der Waals surface area contributed by atoms with Crippen molar-refractivity contribution in [1.82, 2.24) is 15.1 Å². The third-order valence-electron chi connectivity index (χ3n) is 2.48. The van der Waals surface area contributed by atoms with Gasteiger partial charge in [-0.15, -0.1) is 0 Å². The molecule has 1 atom stereocenters. The molecule has 3 nitrogen and oxygen atoms in total. The summed E-state index contributed by atoms with van der Waals surface area (Å²) < 4.78 is 40.0. The van der Waals surface area contributed by atoms with E-state index in [0.717, 1.165) is 6.42 Å². The Morgan fingerprint density at radius 1 is 1.44 bits per heavy atom. The van der Waals surface area contributed by atoms with Crippen molar-refractivity contribution >= 4 is 15.9 Å². The lowest BCUT2D eigenvalue weighted by molar-refractivity contribution is -0.140. The molecule has 0 aliphatic rings. The van der Waals surface area contributed by atoms with Gasteiger partial charge in [-0.3, -0.25) is 4.68 Å². The fraction of sp³-hybridized carbons (Fsp3) is 0.727. The van der Waals surface area contributed by atoms with E-state index in [0.29, 0.717) is 23.3 Å². The van der Waals surface area contributed by atoms with Gasteiger partial charge in [-0.1, -0.05) is 13.8 Å². The lowest BCUT2D eigenvalue weighted by atomic mass is 10.1. The van der Waals surface area contributed by atoms with E-state index in [9.17, 15) is 13.2 Å². The predicted molar refractivity (Wildman–Crippen MR) is 67.3 cm³/mol. The van der Waals surface area contributed by atoms with Crippen LogP contribution in [0.15, 0.2) is 10.7 Å². The highest BCUT2D eigenvalue weighted by Gasteiger charge is 2.34. The van der Waals surface area contributed by atoms with Gasteiger partial charge in [0.05, 0.1) is 28.8 Å². The lowest BCUT2D eigenvalue weighted by Crippen LogP contribution is -2.29. The minimum atomic E-state index is -4.20. The standard InChI is InChI=1S/C11H17BrF3N3/c1-3-5-18-10(8(12)7-17-18)9(16-4-2)6-11(13,14)15/h7,9,16H,3-6H2,1-2H3. The van der Waals surface area contributed by atoms with E-state index in [1.807, 2.05) is 6.92 Å². The Morgan fingerprint density at radius 2 is 2.11 bits per heavy atom. The second kappa shape index (κ2) is 6.56. The molecule has 0 saturated carbocycles. The van der Waals surface area contributed by atoms with E-state index in [-0.39, 0.29) is 0 Å². The van der Waals surface area contributed by atoms with Crippen LogP contribution in [-0.4, -0.2) is 22.5 Å². The summed E-state index contributed by atoms with van der Waals surface area (Å²) in [6.07, 6.45) is -2.72. The molecule has 1 rings (SSSR count). The third kappa shape index (κ3) is 4.28. The maximum absolute atomic E-state index is 12.6. The Labute approximate surface area is 113 Å². The van der Waals surface area contributed by atoms with Gasteiger partial charge in [0, 0.05) is 6.54 Å². The topological polar surface area (TPSA) is 29.9 Å². The molecule has 0 aromatic carbocycles. The highest BCUT2D eigenvalue weighted by atomic mass is 79.9. The summed E-state index contributed by atoms with van der Waals surface area (Å²) >= 11 is 3.27. The third-order valence-corrected chi connectivity index (χ3v) is 3.10. The average Bonchev–Trinajstić information content (AvgIpc) is 2.58. The average molecular weight is 328 g/mol. The smallest absolute Gasteiger partial charge is 0.309 e. The van der Waals surface area contributed by atoms with Crippen LogP contribution < -0.4 is 5.32 Å². The summed E-state index contributed by atoms with van der Waals surface area (Å²) in [5.74, 6) is 0. The Balaban J connectivity index is 3.00. The maximum Gasteiger partial charge on any atom is 0.390 e. The summed E-state index contributed by atoms with van der Waals surface area (Å²) in [5, 5.41) is 6.97. The number of halogens is 4. The van der Waals surface area contributed by atoms with E-state index < -0.39 is 18.6 Å². The Kier molecular flexibility index (Phi) is 5.65. The fourth-order valence-electron chi connectivity index (χ4n) is 1.85. The van der Waals surface area contributed by atoms with Gasteiger partial charge in [0.2, 0.25) is 0 Å². The van der Waals surface area contributed by atoms with Crippen molar-refractivity contribution in [3.63, 3.8) is 0 Å². The maximum atomic E-state index is 12.6. The Bertz CT molecular complexity index is 376. The summed E-state index contributed by atoms with van der Waals surface area (Å²) in [7, 11) is 0. The molecule has 0 aliphatic carbocycles. The molecule has 0 amide bonds. The SMILES string of the molecule is CCCn1ncc(Br)c1C(CC(F)(F)F)NCC. The van der Waals surface area contributed by atoms with Gasteiger partial charge in [0.15, 0.2) is 0 Å². The number of nitrogens with one attached hydrogen (secondary N) is 1. The molecule has 0 spiro atoms. The summed E-state index contributed by atoms with van der Waals surface area (Å²) in [5.41, 5.74) is 0.566. The number of rotatable bonds is 6. The van der Waals surface area contributed by atoms with E-state index in [2.05, 4.69) is 26.3 Å². The first-order valence-corrected chi connectivity index (χ1v) is 6.69. The minimum Gasteiger partial charge on any atom is -0.309 e. The van der Waals surface area contributed by atoms with Crippen LogP contribution in [-0.2, 0) is 6.54 Å². The van der Waals surface area contributed by atoms with E-state index in [1.165, 1.54) is 0 Å². The quantitative estimate of drug-likeness (QED) is 0.864. The molecule has 1 heterocycles. The van der Waals surface area contributed by atoms with Crippen molar-refractivity contribution in [2.75, 3.05) is 6.54 Å². The number of aryl methyl sites for hydroxylation is 1. The normalized spacial score (nSPS) is 13.9. The van der Waals surface area contributed by atoms with Crippen molar-refractivity contribution in [3.05, 3.63) is 16.4 Å². The lowest BCUT2D eigenvalue weighted by Gasteiger charge is -2.21. The molecule has 1 N–H and O–H groups in total. The minimum absolute atomic E-state index is 0.477. The van der Waals surface area contributed by atoms with E-state index in [4.69, 9.17) is 0 Å². The first kappa shape index (κ1) is 15.5. The first-order valence-electron chi connectivity index (χ1n) is 5.90. The zero-order valence-electron chi connectivity index (χ0n) is 10.4. The van der Waals surface area contributed by atoms with Gasteiger partial charge in [-0.05, 0) is 28.9 Å². The van der Waals surface area contributed by atoms with Crippen LogP contribution in [0.25, 0.3) is 0 Å². The van der Waals surface area contributed by atoms with Gasteiger partial charge in [0.1, 0.15) is 0 Å². The van der Waals surface area contributed by atoms with Gasteiger partial charge in [-0.25, -0.2) is 0 Å².